The molecule has 100 valence electrons. The average molecular weight is 246 g/mol. The molecular formula is C16H26N2. The van der Waals surface area contributed by atoms with Crippen LogP contribution in [0.15, 0.2) is 30.3 Å². The van der Waals surface area contributed by atoms with Crippen LogP contribution in [0.4, 0.5) is 0 Å². The van der Waals surface area contributed by atoms with Crippen molar-refractivity contribution in [2.24, 2.45) is 5.92 Å². The van der Waals surface area contributed by atoms with Gasteiger partial charge in [-0.15, -0.1) is 0 Å². The lowest BCUT2D eigenvalue weighted by Crippen LogP contribution is -2.27. The lowest BCUT2D eigenvalue weighted by atomic mass is 10.1. The molecule has 2 unspecified atom stereocenters. The Morgan fingerprint density at radius 1 is 1.17 bits per heavy atom. The Bertz CT molecular complexity index is 334. The topological polar surface area (TPSA) is 24.1 Å². The van der Waals surface area contributed by atoms with Gasteiger partial charge in [0, 0.05) is 6.04 Å². The Balaban J connectivity index is 1.52. The summed E-state index contributed by atoms with van der Waals surface area (Å²) in [5, 5.41) is 7.02. The molecule has 0 spiro atoms. The summed E-state index contributed by atoms with van der Waals surface area (Å²) in [5.41, 5.74) is 1.52. The highest BCUT2D eigenvalue weighted by atomic mass is 14.9. The second kappa shape index (κ2) is 6.91. The van der Waals surface area contributed by atoms with E-state index in [1.807, 2.05) is 0 Å². The lowest BCUT2D eigenvalue weighted by molar-refractivity contribution is 0.539. The zero-order valence-electron chi connectivity index (χ0n) is 11.7. The zero-order valence-corrected chi connectivity index (χ0v) is 11.7. The zero-order chi connectivity index (χ0) is 12.8. The molecular weight excluding hydrogens is 220 g/mol. The van der Waals surface area contributed by atoms with Crippen LogP contribution in [0, 0.1) is 5.92 Å². The van der Waals surface area contributed by atoms with Gasteiger partial charge in [0.2, 0.25) is 0 Å². The third kappa shape index (κ3) is 4.43. The van der Waals surface area contributed by atoms with Gasteiger partial charge >= 0.3 is 0 Å². The molecule has 2 nitrogen and oxygen atoms in total. The van der Waals surface area contributed by atoms with Crippen LogP contribution in [0.2, 0.25) is 0 Å². The Kier molecular flexibility index (Phi) is 5.21. The summed E-state index contributed by atoms with van der Waals surface area (Å²) in [5.74, 6) is 1.68. The van der Waals surface area contributed by atoms with Gasteiger partial charge in [0.25, 0.3) is 0 Å². The molecule has 2 rings (SSSR count). The van der Waals surface area contributed by atoms with E-state index in [9.17, 15) is 0 Å². The molecule has 1 aromatic rings. The first-order valence-corrected chi connectivity index (χ1v) is 7.26. The van der Waals surface area contributed by atoms with Crippen molar-refractivity contribution in [3.63, 3.8) is 0 Å². The predicted octanol–water partition coefficient (Wildman–Crippen LogP) is 2.77. The minimum atomic E-state index is 0.607. The molecule has 18 heavy (non-hydrogen) atoms. The summed E-state index contributed by atoms with van der Waals surface area (Å²) in [6.07, 6.45) is 2.59. The minimum Gasteiger partial charge on any atom is -0.316 e. The molecule has 1 fully saturated rings. The van der Waals surface area contributed by atoms with Gasteiger partial charge < -0.3 is 10.6 Å². The smallest absolute Gasteiger partial charge is 0.00103 e. The average Bonchev–Trinajstić information content (AvgIpc) is 3.14. The van der Waals surface area contributed by atoms with Gasteiger partial charge in [-0.2, -0.15) is 0 Å². The van der Waals surface area contributed by atoms with Crippen LogP contribution in [0.5, 0.6) is 0 Å². The molecule has 0 heterocycles. The Morgan fingerprint density at radius 3 is 2.67 bits per heavy atom. The number of hydrogen-bond acceptors (Lipinski definition) is 2. The van der Waals surface area contributed by atoms with Gasteiger partial charge in [-0.1, -0.05) is 44.2 Å². The molecule has 0 aliphatic heterocycles. The molecule has 2 atom stereocenters. The molecule has 1 aliphatic carbocycles. The van der Waals surface area contributed by atoms with Crippen molar-refractivity contribution in [1.82, 2.24) is 10.6 Å². The fourth-order valence-electron chi connectivity index (χ4n) is 2.47. The molecule has 0 amide bonds. The number of benzene rings is 1. The number of nitrogens with one attached hydrogen (secondary N) is 2. The van der Waals surface area contributed by atoms with Gasteiger partial charge in [-0.3, -0.25) is 0 Å². The maximum Gasteiger partial charge on any atom is 0.00103 e. The fourth-order valence-corrected chi connectivity index (χ4v) is 2.47. The molecule has 1 aromatic carbocycles. The van der Waals surface area contributed by atoms with Crippen LogP contribution < -0.4 is 10.6 Å². The van der Waals surface area contributed by atoms with E-state index in [-0.39, 0.29) is 0 Å². The van der Waals surface area contributed by atoms with E-state index in [2.05, 4.69) is 54.8 Å². The maximum absolute atomic E-state index is 3.58. The van der Waals surface area contributed by atoms with E-state index < -0.39 is 0 Å². The van der Waals surface area contributed by atoms with Crippen LogP contribution in [0.1, 0.15) is 38.2 Å². The molecule has 1 aliphatic rings. The van der Waals surface area contributed by atoms with E-state index in [1.165, 1.54) is 24.9 Å². The molecule has 0 bridgehead atoms. The quantitative estimate of drug-likeness (QED) is 0.689. The van der Waals surface area contributed by atoms with Crippen molar-refractivity contribution in [1.29, 1.82) is 0 Å². The van der Waals surface area contributed by atoms with E-state index in [4.69, 9.17) is 0 Å². The van der Waals surface area contributed by atoms with Crippen molar-refractivity contribution in [3.05, 3.63) is 35.9 Å². The lowest BCUT2D eigenvalue weighted by Gasteiger charge is -2.08. The maximum atomic E-state index is 3.58. The van der Waals surface area contributed by atoms with Crippen LogP contribution in [-0.2, 0) is 0 Å². The van der Waals surface area contributed by atoms with Gasteiger partial charge in [0.1, 0.15) is 0 Å². The van der Waals surface area contributed by atoms with Crippen LogP contribution in [0.25, 0.3) is 0 Å². The third-order valence-corrected chi connectivity index (χ3v) is 3.64. The fraction of sp³-hybridized carbons (Fsp3) is 0.625. The first kappa shape index (κ1) is 13.6. The summed E-state index contributed by atoms with van der Waals surface area (Å²) < 4.78 is 0. The van der Waals surface area contributed by atoms with Gasteiger partial charge in [0.15, 0.2) is 0 Å². The Hall–Kier alpha value is -0.860. The van der Waals surface area contributed by atoms with Gasteiger partial charge in [-0.25, -0.2) is 0 Å². The SMILES string of the molecule is CC(C)NCCCNCC1CC1c1ccccc1. The van der Waals surface area contributed by atoms with Crippen molar-refractivity contribution in [2.45, 2.75) is 38.6 Å². The monoisotopic (exact) mass is 246 g/mol. The molecule has 0 aromatic heterocycles. The second-order valence-corrected chi connectivity index (χ2v) is 5.68. The van der Waals surface area contributed by atoms with Gasteiger partial charge in [0.05, 0.1) is 0 Å². The molecule has 0 radical (unpaired) electrons. The van der Waals surface area contributed by atoms with Crippen molar-refractivity contribution in [2.75, 3.05) is 19.6 Å². The normalized spacial score (nSPS) is 22.4. The van der Waals surface area contributed by atoms with Crippen molar-refractivity contribution >= 4 is 0 Å². The summed E-state index contributed by atoms with van der Waals surface area (Å²) in [6, 6.07) is 11.5. The molecule has 0 saturated heterocycles. The van der Waals surface area contributed by atoms with Crippen molar-refractivity contribution in [3.8, 4) is 0 Å². The van der Waals surface area contributed by atoms with Crippen molar-refractivity contribution < 1.29 is 0 Å². The standard InChI is InChI=1S/C16H26N2/c1-13(2)18-10-6-9-17-12-15-11-16(15)14-7-4-3-5-8-14/h3-5,7-8,13,15-18H,6,9-12H2,1-2H3. The van der Waals surface area contributed by atoms with E-state index in [0.29, 0.717) is 6.04 Å². The van der Waals surface area contributed by atoms with Crippen LogP contribution in [0.3, 0.4) is 0 Å². The highest BCUT2D eigenvalue weighted by Gasteiger charge is 2.37. The number of rotatable bonds is 8. The predicted molar refractivity (Wildman–Crippen MR) is 77.9 cm³/mol. The first-order valence-electron chi connectivity index (χ1n) is 7.26. The third-order valence-electron chi connectivity index (χ3n) is 3.64. The summed E-state index contributed by atoms with van der Waals surface area (Å²) >= 11 is 0. The summed E-state index contributed by atoms with van der Waals surface area (Å²) in [6.45, 7) is 7.83. The summed E-state index contributed by atoms with van der Waals surface area (Å²) in [7, 11) is 0. The van der Waals surface area contributed by atoms with Crippen LogP contribution >= 0.6 is 0 Å². The molecule has 2 heteroatoms. The number of hydrogen-bond donors (Lipinski definition) is 2. The first-order chi connectivity index (χ1) is 8.77. The van der Waals surface area contributed by atoms with E-state index >= 15 is 0 Å². The largest absolute Gasteiger partial charge is 0.316 e. The highest BCUT2D eigenvalue weighted by molar-refractivity contribution is 5.25. The minimum absolute atomic E-state index is 0.607. The van der Waals surface area contributed by atoms with E-state index in [1.54, 1.807) is 0 Å². The second-order valence-electron chi connectivity index (χ2n) is 5.68. The Labute approximate surface area is 111 Å². The highest BCUT2D eigenvalue weighted by Crippen LogP contribution is 2.46. The molecule has 1 saturated carbocycles. The van der Waals surface area contributed by atoms with Gasteiger partial charge in [-0.05, 0) is 49.9 Å². The Morgan fingerprint density at radius 2 is 1.94 bits per heavy atom. The summed E-state index contributed by atoms with van der Waals surface area (Å²) in [4.78, 5) is 0. The van der Waals surface area contributed by atoms with E-state index in [0.717, 1.165) is 24.9 Å². The molecule has 2 N–H and O–H groups in total. The van der Waals surface area contributed by atoms with Crippen LogP contribution in [-0.4, -0.2) is 25.7 Å².